The van der Waals surface area contributed by atoms with Crippen LogP contribution in [-0.4, -0.2) is 22.8 Å². The fourth-order valence-corrected chi connectivity index (χ4v) is 2.09. The number of alkyl halides is 1. The van der Waals surface area contributed by atoms with Crippen molar-refractivity contribution in [2.75, 3.05) is 16.8 Å². The molecule has 3 nitrogen and oxygen atoms in total. The molecule has 1 fully saturated rings. The molecule has 2 heterocycles. The average Bonchev–Trinajstić information content (AvgIpc) is 2.60. The van der Waals surface area contributed by atoms with Crippen molar-refractivity contribution in [1.82, 2.24) is 4.98 Å². The molecule has 1 aliphatic rings. The maximum Gasteiger partial charge on any atom is 0.228 e. The van der Waals surface area contributed by atoms with Gasteiger partial charge < -0.3 is 0 Å². The van der Waals surface area contributed by atoms with Crippen LogP contribution in [0.15, 0.2) is 18.2 Å². The van der Waals surface area contributed by atoms with E-state index in [0.29, 0.717) is 24.7 Å². The largest absolute Gasteiger partial charge is 0.296 e. The number of hydrogen-bond donors (Lipinski definition) is 0. The smallest absolute Gasteiger partial charge is 0.228 e. The highest BCUT2D eigenvalue weighted by atomic mass is 79.9. The van der Waals surface area contributed by atoms with E-state index < -0.39 is 5.95 Å². The van der Waals surface area contributed by atoms with E-state index in [0.717, 1.165) is 5.33 Å². The molecule has 1 unspecified atom stereocenters. The van der Waals surface area contributed by atoms with Crippen molar-refractivity contribution in [3.8, 4) is 0 Å². The number of aromatic nitrogens is 1. The fraction of sp³-hybridized carbons (Fsp3) is 0.400. The molecular formula is C10H10BrFN2O. The van der Waals surface area contributed by atoms with Gasteiger partial charge in [-0.25, -0.2) is 4.98 Å². The van der Waals surface area contributed by atoms with Crippen molar-refractivity contribution in [2.45, 2.75) is 6.42 Å². The van der Waals surface area contributed by atoms with Crippen LogP contribution < -0.4 is 4.90 Å². The van der Waals surface area contributed by atoms with Crippen LogP contribution in [0.2, 0.25) is 0 Å². The normalized spacial score (nSPS) is 21.1. The molecule has 1 aliphatic heterocycles. The van der Waals surface area contributed by atoms with Gasteiger partial charge in [0.05, 0.1) is 0 Å². The van der Waals surface area contributed by atoms with Crippen LogP contribution in [0.25, 0.3) is 0 Å². The van der Waals surface area contributed by atoms with Crippen molar-refractivity contribution < 1.29 is 9.18 Å². The summed E-state index contributed by atoms with van der Waals surface area (Å²) in [5.41, 5.74) is 0. The maximum absolute atomic E-state index is 12.9. The minimum absolute atomic E-state index is 0.0116. The Morgan fingerprint density at radius 2 is 2.40 bits per heavy atom. The summed E-state index contributed by atoms with van der Waals surface area (Å²) in [5.74, 6) is 0.158. The zero-order valence-corrected chi connectivity index (χ0v) is 9.58. The predicted molar refractivity (Wildman–Crippen MR) is 58.4 cm³/mol. The molecule has 1 amide bonds. The molecular weight excluding hydrogens is 263 g/mol. The Morgan fingerprint density at radius 3 is 3.00 bits per heavy atom. The number of amides is 1. The van der Waals surface area contributed by atoms with Gasteiger partial charge in [0, 0.05) is 18.3 Å². The minimum Gasteiger partial charge on any atom is -0.296 e. The fourth-order valence-electron chi connectivity index (χ4n) is 1.65. The molecule has 1 saturated heterocycles. The van der Waals surface area contributed by atoms with Crippen LogP contribution in [0.4, 0.5) is 10.2 Å². The van der Waals surface area contributed by atoms with Crippen LogP contribution >= 0.6 is 15.9 Å². The highest BCUT2D eigenvalue weighted by Crippen LogP contribution is 2.24. The molecule has 0 bridgehead atoms. The Bertz CT molecular complexity index is 385. The van der Waals surface area contributed by atoms with E-state index in [1.807, 2.05) is 0 Å². The summed E-state index contributed by atoms with van der Waals surface area (Å²) in [7, 11) is 0. The molecule has 0 spiro atoms. The molecule has 1 aromatic heterocycles. The molecule has 0 N–H and O–H groups in total. The van der Waals surface area contributed by atoms with Crippen LogP contribution in [0.3, 0.4) is 0 Å². The van der Waals surface area contributed by atoms with Crippen molar-refractivity contribution >= 4 is 27.7 Å². The van der Waals surface area contributed by atoms with Crippen molar-refractivity contribution in [3.05, 3.63) is 24.1 Å². The van der Waals surface area contributed by atoms with Gasteiger partial charge in [0.15, 0.2) is 0 Å². The van der Waals surface area contributed by atoms with Crippen molar-refractivity contribution in [2.24, 2.45) is 5.92 Å². The van der Waals surface area contributed by atoms with E-state index in [9.17, 15) is 9.18 Å². The number of nitrogens with zero attached hydrogens (tertiary/aromatic N) is 2. The topological polar surface area (TPSA) is 33.2 Å². The van der Waals surface area contributed by atoms with Crippen LogP contribution in [0.5, 0.6) is 0 Å². The van der Waals surface area contributed by atoms with Gasteiger partial charge in [-0.2, -0.15) is 4.39 Å². The van der Waals surface area contributed by atoms with Gasteiger partial charge in [-0.1, -0.05) is 22.0 Å². The molecule has 1 aromatic rings. The first-order valence-electron chi connectivity index (χ1n) is 4.69. The molecule has 0 aromatic carbocycles. The van der Waals surface area contributed by atoms with Gasteiger partial charge in [-0.15, -0.1) is 0 Å². The summed E-state index contributed by atoms with van der Waals surface area (Å²) < 4.78 is 12.9. The Morgan fingerprint density at radius 1 is 1.60 bits per heavy atom. The third kappa shape index (κ3) is 2.17. The van der Waals surface area contributed by atoms with E-state index in [2.05, 4.69) is 20.9 Å². The lowest BCUT2D eigenvalue weighted by atomic mass is 10.2. The van der Waals surface area contributed by atoms with Crippen molar-refractivity contribution in [1.29, 1.82) is 0 Å². The Balaban J connectivity index is 2.21. The lowest BCUT2D eigenvalue weighted by Crippen LogP contribution is -2.25. The molecule has 1 atom stereocenters. The van der Waals surface area contributed by atoms with Crippen LogP contribution in [0.1, 0.15) is 6.42 Å². The maximum atomic E-state index is 12.9. The standard InChI is InChI=1S/C10H10BrFN2O/c11-5-7-4-10(15)14(6-7)9-3-1-2-8(12)13-9/h1-3,7H,4-6H2. The number of halogens is 2. The zero-order valence-electron chi connectivity index (χ0n) is 7.99. The first-order valence-corrected chi connectivity index (χ1v) is 5.81. The molecule has 0 radical (unpaired) electrons. The summed E-state index contributed by atoms with van der Waals surface area (Å²) in [6.45, 7) is 0.612. The van der Waals surface area contributed by atoms with E-state index in [1.54, 1.807) is 12.1 Å². The van der Waals surface area contributed by atoms with Gasteiger partial charge in [-0.3, -0.25) is 9.69 Å². The summed E-state index contributed by atoms with van der Waals surface area (Å²) in [6, 6.07) is 4.48. The second kappa shape index (κ2) is 4.26. The Hall–Kier alpha value is -0.970. The third-order valence-corrected chi connectivity index (χ3v) is 3.32. The summed E-state index contributed by atoms with van der Waals surface area (Å²) in [5, 5.41) is 0.782. The summed E-state index contributed by atoms with van der Waals surface area (Å²) in [4.78, 5) is 16.8. The second-order valence-electron chi connectivity index (χ2n) is 3.55. The van der Waals surface area contributed by atoms with Gasteiger partial charge in [0.25, 0.3) is 0 Å². The number of hydrogen-bond acceptors (Lipinski definition) is 2. The first kappa shape index (κ1) is 10.5. The number of anilines is 1. The molecule has 80 valence electrons. The minimum atomic E-state index is -0.553. The van der Waals surface area contributed by atoms with Gasteiger partial charge >= 0.3 is 0 Å². The first-order chi connectivity index (χ1) is 7.20. The predicted octanol–water partition coefficient (Wildman–Crippen LogP) is 1.97. The molecule has 0 aliphatic carbocycles. The molecule has 0 saturated carbocycles. The van der Waals surface area contributed by atoms with E-state index in [1.165, 1.54) is 11.0 Å². The zero-order chi connectivity index (χ0) is 10.8. The average molecular weight is 273 g/mol. The molecule has 2 rings (SSSR count). The second-order valence-corrected chi connectivity index (χ2v) is 4.19. The number of carbonyl (C=O) groups is 1. The number of carbonyl (C=O) groups excluding carboxylic acids is 1. The quantitative estimate of drug-likeness (QED) is 0.609. The van der Waals surface area contributed by atoms with Gasteiger partial charge in [-0.05, 0) is 18.1 Å². The monoisotopic (exact) mass is 272 g/mol. The summed E-state index contributed by atoms with van der Waals surface area (Å²) in [6.07, 6.45) is 0.503. The van der Waals surface area contributed by atoms with Gasteiger partial charge in [0.1, 0.15) is 5.82 Å². The van der Waals surface area contributed by atoms with E-state index in [4.69, 9.17) is 0 Å². The SMILES string of the molecule is O=C1CC(CBr)CN1c1cccc(F)n1. The number of pyridine rings is 1. The molecule has 5 heteroatoms. The van der Waals surface area contributed by atoms with Crippen LogP contribution in [0, 0.1) is 11.9 Å². The Labute approximate surface area is 95.4 Å². The molecule has 15 heavy (non-hydrogen) atoms. The number of rotatable bonds is 2. The lowest BCUT2D eigenvalue weighted by molar-refractivity contribution is -0.117. The Kier molecular flexibility index (Phi) is 3.00. The highest BCUT2D eigenvalue weighted by molar-refractivity contribution is 9.09. The van der Waals surface area contributed by atoms with E-state index >= 15 is 0 Å². The summed E-state index contributed by atoms with van der Waals surface area (Å²) >= 11 is 3.34. The third-order valence-electron chi connectivity index (χ3n) is 2.40. The van der Waals surface area contributed by atoms with E-state index in [-0.39, 0.29) is 5.91 Å². The highest BCUT2D eigenvalue weighted by Gasteiger charge is 2.30. The lowest BCUT2D eigenvalue weighted by Gasteiger charge is -2.14. The van der Waals surface area contributed by atoms with Crippen LogP contribution in [-0.2, 0) is 4.79 Å². The van der Waals surface area contributed by atoms with Crippen molar-refractivity contribution in [3.63, 3.8) is 0 Å². The van der Waals surface area contributed by atoms with Gasteiger partial charge in [0.2, 0.25) is 11.9 Å².